The number of benzene rings is 1. The van der Waals surface area contributed by atoms with Crippen LogP contribution < -0.4 is 0 Å². The average molecular weight is 172 g/mol. The van der Waals surface area contributed by atoms with E-state index in [-0.39, 0.29) is 0 Å². The molecule has 0 radical (unpaired) electrons. The third-order valence-corrected chi connectivity index (χ3v) is 2.68. The van der Waals surface area contributed by atoms with Gasteiger partial charge in [-0.2, -0.15) is 0 Å². The van der Waals surface area contributed by atoms with Crippen molar-refractivity contribution in [1.82, 2.24) is 9.97 Å². The van der Waals surface area contributed by atoms with Crippen LogP contribution in [0.25, 0.3) is 11.0 Å². The molecule has 0 bridgehead atoms. The van der Waals surface area contributed by atoms with E-state index in [9.17, 15) is 0 Å². The van der Waals surface area contributed by atoms with Crippen molar-refractivity contribution in [1.29, 1.82) is 0 Å². The molecule has 1 aliphatic carbocycles. The molecule has 1 saturated carbocycles. The maximum absolute atomic E-state index is 4.52. The Kier molecular flexibility index (Phi) is 1.29. The SMILES string of the molecule is Cc1nc2c(C3CC3)cccc2[nH]1. The first kappa shape index (κ1) is 7.13. The fourth-order valence-electron chi connectivity index (χ4n) is 1.90. The van der Waals surface area contributed by atoms with Crippen molar-refractivity contribution in [3.8, 4) is 0 Å². The summed E-state index contributed by atoms with van der Waals surface area (Å²) in [4.78, 5) is 7.79. The number of aryl methyl sites for hydroxylation is 1. The molecule has 1 aromatic carbocycles. The Balaban J connectivity index is 2.31. The lowest BCUT2D eigenvalue weighted by atomic mass is 10.1. The predicted molar refractivity (Wildman–Crippen MR) is 52.8 cm³/mol. The summed E-state index contributed by atoms with van der Waals surface area (Å²) in [5.41, 5.74) is 3.80. The zero-order valence-electron chi connectivity index (χ0n) is 7.67. The number of hydrogen-bond donors (Lipinski definition) is 1. The van der Waals surface area contributed by atoms with Gasteiger partial charge in [-0.1, -0.05) is 12.1 Å². The second-order valence-corrected chi connectivity index (χ2v) is 3.84. The summed E-state index contributed by atoms with van der Waals surface area (Å²) >= 11 is 0. The maximum atomic E-state index is 4.52. The number of nitrogens with one attached hydrogen (secondary N) is 1. The Hall–Kier alpha value is -1.31. The number of aromatic amines is 1. The molecule has 0 unspecified atom stereocenters. The van der Waals surface area contributed by atoms with E-state index in [1.165, 1.54) is 29.4 Å². The van der Waals surface area contributed by atoms with Crippen molar-refractivity contribution in [2.75, 3.05) is 0 Å². The fraction of sp³-hybridized carbons (Fsp3) is 0.364. The molecule has 0 atom stereocenters. The lowest BCUT2D eigenvalue weighted by Gasteiger charge is -1.97. The Bertz CT molecular complexity index is 452. The van der Waals surface area contributed by atoms with Crippen LogP contribution in [-0.2, 0) is 0 Å². The van der Waals surface area contributed by atoms with Gasteiger partial charge in [-0.3, -0.25) is 0 Å². The van der Waals surface area contributed by atoms with E-state index in [0.717, 1.165) is 11.7 Å². The minimum absolute atomic E-state index is 0.784. The van der Waals surface area contributed by atoms with Crippen molar-refractivity contribution in [2.24, 2.45) is 0 Å². The summed E-state index contributed by atoms with van der Waals surface area (Å²) < 4.78 is 0. The van der Waals surface area contributed by atoms with Gasteiger partial charge in [0.15, 0.2) is 0 Å². The largest absolute Gasteiger partial charge is 0.342 e. The molecule has 3 rings (SSSR count). The average Bonchev–Trinajstić information content (AvgIpc) is 2.86. The monoisotopic (exact) mass is 172 g/mol. The van der Waals surface area contributed by atoms with Crippen LogP contribution >= 0.6 is 0 Å². The van der Waals surface area contributed by atoms with Gasteiger partial charge in [-0.15, -0.1) is 0 Å². The number of nitrogens with zero attached hydrogens (tertiary/aromatic N) is 1. The topological polar surface area (TPSA) is 28.7 Å². The molecule has 0 aliphatic heterocycles. The quantitative estimate of drug-likeness (QED) is 0.704. The normalized spacial score (nSPS) is 16.7. The van der Waals surface area contributed by atoms with Crippen LogP contribution in [0.1, 0.15) is 30.1 Å². The second kappa shape index (κ2) is 2.34. The molecule has 66 valence electrons. The first-order valence-electron chi connectivity index (χ1n) is 4.80. The minimum Gasteiger partial charge on any atom is -0.342 e. The molecule has 0 saturated heterocycles. The van der Waals surface area contributed by atoms with Crippen molar-refractivity contribution >= 4 is 11.0 Å². The van der Waals surface area contributed by atoms with Crippen molar-refractivity contribution < 1.29 is 0 Å². The van der Waals surface area contributed by atoms with Gasteiger partial charge in [0.2, 0.25) is 0 Å². The van der Waals surface area contributed by atoms with Gasteiger partial charge in [0.1, 0.15) is 5.82 Å². The Morgan fingerprint density at radius 1 is 1.38 bits per heavy atom. The lowest BCUT2D eigenvalue weighted by molar-refractivity contribution is 1.13. The van der Waals surface area contributed by atoms with E-state index in [1.54, 1.807) is 0 Å². The van der Waals surface area contributed by atoms with E-state index in [0.29, 0.717) is 0 Å². The van der Waals surface area contributed by atoms with E-state index in [1.807, 2.05) is 6.92 Å². The molecule has 1 aliphatic rings. The molecule has 0 amide bonds. The summed E-state index contributed by atoms with van der Waals surface area (Å²) in [6.07, 6.45) is 2.68. The van der Waals surface area contributed by atoms with Crippen LogP contribution in [0, 0.1) is 6.92 Å². The first-order valence-corrected chi connectivity index (χ1v) is 4.80. The van der Waals surface area contributed by atoms with Crippen LogP contribution in [-0.4, -0.2) is 9.97 Å². The maximum Gasteiger partial charge on any atom is 0.104 e. The zero-order chi connectivity index (χ0) is 8.84. The van der Waals surface area contributed by atoms with E-state index in [4.69, 9.17) is 0 Å². The molecular weight excluding hydrogens is 160 g/mol. The van der Waals surface area contributed by atoms with Crippen LogP contribution in [0.4, 0.5) is 0 Å². The Morgan fingerprint density at radius 3 is 3.00 bits per heavy atom. The van der Waals surface area contributed by atoms with Crippen molar-refractivity contribution in [3.05, 3.63) is 29.6 Å². The molecule has 2 aromatic rings. The van der Waals surface area contributed by atoms with E-state index in [2.05, 4.69) is 28.2 Å². The molecule has 13 heavy (non-hydrogen) atoms. The summed E-state index contributed by atoms with van der Waals surface area (Å²) in [5, 5.41) is 0. The molecule has 1 aromatic heterocycles. The first-order chi connectivity index (χ1) is 6.34. The van der Waals surface area contributed by atoms with Crippen molar-refractivity contribution in [2.45, 2.75) is 25.7 Å². The van der Waals surface area contributed by atoms with Crippen LogP contribution in [0.5, 0.6) is 0 Å². The smallest absolute Gasteiger partial charge is 0.104 e. The van der Waals surface area contributed by atoms with Gasteiger partial charge in [-0.25, -0.2) is 4.98 Å². The van der Waals surface area contributed by atoms with Gasteiger partial charge in [0.25, 0.3) is 0 Å². The second-order valence-electron chi connectivity index (χ2n) is 3.84. The summed E-state index contributed by atoms with van der Waals surface area (Å²) in [6.45, 7) is 2.01. The molecule has 2 nitrogen and oxygen atoms in total. The Morgan fingerprint density at radius 2 is 2.23 bits per heavy atom. The summed E-state index contributed by atoms with van der Waals surface area (Å²) in [7, 11) is 0. The standard InChI is InChI=1S/C11H12N2/c1-7-12-10-4-2-3-9(8-5-6-8)11(10)13-7/h2-4,8H,5-6H2,1H3,(H,12,13). The number of imidazole rings is 1. The molecule has 2 heteroatoms. The van der Waals surface area contributed by atoms with Crippen molar-refractivity contribution in [3.63, 3.8) is 0 Å². The summed E-state index contributed by atoms with van der Waals surface area (Å²) in [5.74, 6) is 1.80. The molecule has 1 N–H and O–H groups in total. The van der Waals surface area contributed by atoms with Gasteiger partial charge in [-0.05, 0) is 37.3 Å². The highest BCUT2D eigenvalue weighted by Crippen LogP contribution is 2.42. The summed E-state index contributed by atoms with van der Waals surface area (Å²) in [6, 6.07) is 6.43. The van der Waals surface area contributed by atoms with Gasteiger partial charge in [0.05, 0.1) is 11.0 Å². The fourth-order valence-corrected chi connectivity index (χ4v) is 1.90. The third-order valence-electron chi connectivity index (χ3n) is 2.68. The molecular formula is C11H12N2. The van der Waals surface area contributed by atoms with Gasteiger partial charge >= 0.3 is 0 Å². The molecule has 1 heterocycles. The van der Waals surface area contributed by atoms with Crippen LogP contribution in [0.3, 0.4) is 0 Å². The van der Waals surface area contributed by atoms with E-state index >= 15 is 0 Å². The van der Waals surface area contributed by atoms with E-state index < -0.39 is 0 Å². The highest BCUT2D eigenvalue weighted by Gasteiger charge is 2.25. The molecule has 0 spiro atoms. The van der Waals surface area contributed by atoms with Gasteiger partial charge < -0.3 is 4.98 Å². The number of hydrogen-bond acceptors (Lipinski definition) is 1. The lowest BCUT2D eigenvalue weighted by Crippen LogP contribution is -1.81. The third kappa shape index (κ3) is 1.05. The number of para-hydroxylation sites is 1. The van der Waals surface area contributed by atoms with Crippen LogP contribution in [0.15, 0.2) is 18.2 Å². The zero-order valence-corrected chi connectivity index (χ0v) is 7.67. The predicted octanol–water partition coefficient (Wildman–Crippen LogP) is 2.75. The number of aromatic nitrogens is 2. The number of rotatable bonds is 1. The van der Waals surface area contributed by atoms with Gasteiger partial charge in [0, 0.05) is 0 Å². The number of H-pyrrole nitrogens is 1. The molecule has 1 fully saturated rings. The minimum atomic E-state index is 0.784. The number of fused-ring (bicyclic) bond motifs is 1. The highest BCUT2D eigenvalue weighted by molar-refractivity contribution is 5.79. The Labute approximate surface area is 77.0 Å². The van der Waals surface area contributed by atoms with Crippen LogP contribution in [0.2, 0.25) is 0 Å². The highest BCUT2D eigenvalue weighted by atomic mass is 14.9.